The lowest BCUT2D eigenvalue weighted by molar-refractivity contribution is -0.134. The second-order valence-electron chi connectivity index (χ2n) is 5.43. The third-order valence-electron chi connectivity index (χ3n) is 3.61. The number of rotatable bonds is 7. The Kier molecular flexibility index (Phi) is 5.70. The zero-order chi connectivity index (χ0) is 16.8. The lowest BCUT2D eigenvalue weighted by Crippen LogP contribution is -2.45. The lowest BCUT2D eigenvalue weighted by Gasteiger charge is -2.22. The molecule has 0 spiro atoms. The Balaban J connectivity index is 2.02. The molecule has 1 fully saturated rings. The van der Waals surface area contributed by atoms with Crippen molar-refractivity contribution in [1.82, 2.24) is 10.6 Å². The topological polar surface area (TPSA) is 111 Å². The van der Waals surface area contributed by atoms with Crippen LogP contribution in [0.4, 0.5) is 0 Å². The number of piperidine rings is 1. The van der Waals surface area contributed by atoms with Gasteiger partial charge in [-0.3, -0.25) is 25.0 Å². The first-order valence-corrected chi connectivity index (χ1v) is 7.64. The zero-order valence-electron chi connectivity index (χ0n) is 13.0. The number of benzene rings is 1. The first-order chi connectivity index (χ1) is 11.0. The minimum atomic E-state index is -0.892. The van der Waals surface area contributed by atoms with Gasteiger partial charge >= 0.3 is 0 Å². The molecule has 124 valence electrons. The van der Waals surface area contributed by atoms with Crippen molar-refractivity contribution in [2.45, 2.75) is 38.3 Å². The summed E-state index contributed by atoms with van der Waals surface area (Å²) in [4.78, 5) is 34.4. The van der Waals surface area contributed by atoms with E-state index in [1.54, 1.807) is 24.3 Å². The smallest absolute Gasteiger partial charge is 0.274 e. The summed E-state index contributed by atoms with van der Waals surface area (Å²) in [6.07, 6.45) is 0.782. The molecule has 23 heavy (non-hydrogen) atoms. The fourth-order valence-corrected chi connectivity index (χ4v) is 2.40. The number of hydrogen-bond donors (Lipinski definition) is 3. The number of ether oxygens (including phenoxy) is 1. The van der Waals surface area contributed by atoms with Gasteiger partial charge in [0.25, 0.3) is 5.91 Å². The molecule has 7 heteroatoms. The Morgan fingerprint density at radius 2 is 2.09 bits per heavy atom. The summed E-state index contributed by atoms with van der Waals surface area (Å²) in [6.45, 7) is 2.59. The Labute approximate surface area is 134 Å². The highest BCUT2D eigenvalue weighted by Crippen LogP contribution is 2.26. The van der Waals surface area contributed by atoms with Crippen molar-refractivity contribution in [2.24, 2.45) is 5.73 Å². The van der Waals surface area contributed by atoms with E-state index in [0.717, 1.165) is 12.0 Å². The molecule has 2 atom stereocenters. The van der Waals surface area contributed by atoms with Crippen molar-refractivity contribution in [3.63, 3.8) is 0 Å². The Hall–Kier alpha value is -2.41. The van der Waals surface area contributed by atoms with E-state index >= 15 is 0 Å². The van der Waals surface area contributed by atoms with Crippen LogP contribution in [0.2, 0.25) is 0 Å². The number of hydrogen-bond acceptors (Lipinski definition) is 5. The van der Waals surface area contributed by atoms with E-state index in [0.29, 0.717) is 25.1 Å². The van der Waals surface area contributed by atoms with E-state index in [4.69, 9.17) is 10.5 Å². The minimum absolute atomic E-state index is 0.238. The molecule has 0 aliphatic carbocycles. The maximum absolute atomic E-state index is 11.8. The van der Waals surface area contributed by atoms with E-state index in [9.17, 15) is 14.4 Å². The fraction of sp³-hybridized carbons (Fsp3) is 0.438. The molecule has 3 amide bonds. The number of carbonyl (C=O) groups excluding carboxylic acids is 3. The number of carbonyl (C=O) groups is 3. The summed E-state index contributed by atoms with van der Waals surface area (Å²) < 4.78 is 5.52. The SMILES string of the molecule is CCCNC(Oc1ccc(C2CCC(=O)NC2=O)cc1)C(N)=O. The van der Waals surface area contributed by atoms with E-state index < -0.39 is 12.1 Å². The van der Waals surface area contributed by atoms with Gasteiger partial charge in [0.1, 0.15) is 5.75 Å². The molecule has 2 unspecified atom stereocenters. The molecule has 0 bridgehead atoms. The van der Waals surface area contributed by atoms with Crippen LogP contribution in [0.5, 0.6) is 5.75 Å². The van der Waals surface area contributed by atoms with Crippen LogP contribution >= 0.6 is 0 Å². The van der Waals surface area contributed by atoms with Crippen LogP contribution in [-0.4, -0.2) is 30.5 Å². The number of imide groups is 1. The van der Waals surface area contributed by atoms with Gasteiger partial charge in [0.2, 0.25) is 18.0 Å². The third-order valence-corrected chi connectivity index (χ3v) is 3.61. The molecule has 0 radical (unpaired) electrons. The van der Waals surface area contributed by atoms with Gasteiger partial charge in [0, 0.05) is 6.42 Å². The van der Waals surface area contributed by atoms with E-state index in [-0.39, 0.29) is 17.7 Å². The maximum Gasteiger partial charge on any atom is 0.274 e. The van der Waals surface area contributed by atoms with Gasteiger partial charge in [-0.25, -0.2) is 0 Å². The highest BCUT2D eigenvalue weighted by Gasteiger charge is 2.27. The quantitative estimate of drug-likeness (QED) is 0.497. The van der Waals surface area contributed by atoms with E-state index in [1.165, 1.54) is 0 Å². The zero-order valence-corrected chi connectivity index (χ0v) is 13.0. The average molecular weight is 319 g/mol. The summed E-state index contributed by atoms with van der Waals surface area (Å²) in [5.41, 5.74) is 6.10. The number of nitrogens with two attached hydrogens (primary N) is 1. The van der Waals surface area contributed by atoms with Crippen molar-refractivity contribution in [3.8, 4) is 5.75 Å². The molecular formula is C16H21N3O4. The van der Waals surface area contributed by atoms with Gasteiger partial charge < -0.3 is 10.5 Å². The van der Waals surface area contributed by atoms with Crippen LogP contribution < -0.4 is 21.1 Å². The predicted octanol–water partition coefficient (Wildman–Crippen LogP) is 0.397. The molecular weight excluding hydrogens is 298 g/mol. The maximum atomic E-state index is 11.8. The lowest BCUT2D eigenvalue weighted by atomic mass is 9.90. The van der Waals surface area contributed by atoms with Crippen LogP contribution in [0.1, 0.15) is 37.7 Å². The molecule has 1 aromatic rings. The van der Waals surface area contributed by atoms with Crippen molar-refractivity contribution >= 4 is 17.7 Å². The summed E-state index contributed by atoms with van der Waals surface area (Å²) in [5, 5.41) is 5.24. The molecule has 4 N–H and O–H groups in total. The van der Waals surface area contributed by atoms with Crippen LogP contribution in [0, 0.1) is 0 Å². The van der Waals surface area contributed by atoms with Gasteiger partial charge in [-0.15, -0.1) is 0 Å². The van der Waals surface area contributed by atoms with Crippen LogP contribution in [0.3, 0.4) is 0 Å². The molecule has 2 rings (SSSR count). The van der Waals surface area contributed by atoms with Gasteiger partial charge in [-0.1, -0.05) is 19.1 Å². The molecule has 1 aliphatic heterocycles. The summed E-state index contributed by atoms with van der Waals surface area (Å²) in [6, 6.07) is 6.88. The van der Waals surface area contributed by atoms with E-state index in [2.05, 4.69) is 10.6 Å². The number of nitrogens with one attached hydrogen (secondary N) is 2. The second-order valence-corrected chi connectivity index (χ2v) is 5.43. The Morgan fingerprint density at radius 1 is 1.39 bits per heavy atom. The van der Waals surface area contributed by atoms with Crippen molar-refractivity contribution in [2.75, 3.05) is 6.54 Å². The van der Waals surface area contributed by atoms with Crippen molar-refractivity contribution < 1.29 is 19.1 Å². The standard InChI is InChI=1S/C16H21N3O4/c1-2-9-18-16(14(17)21)23-11-5-3-10(4-6-11)12-7-8-13(20)19-15(12)22/h3-6,12,16,18H,2,7-9H2,1H3,(H2,17,21)(H,19,20,22). The first kappa shape index (κ1) is 17.0. The van der Waals surface area contributed by atoms with Crippen molar-refractivity contribution in [1.29, 1.82) is 0 Å². The van der Waals surface area contributed by atoms with Gasteiger partial charge in [0.05, 0.1) is 5.92 Å². The summed E-state index contributed by atoms with van der Waals surface area (Å²) >= 11 is 0. The van der Waals surface area contributed by atoms with Gasteiger partial charge in [0.15, 0.2) is 0 Å². The minimum Gasteiger partial charge on any atom is -0.466 e. The molecule has 1 saturated heterocycles. The third kappa shape index (κ3) is 4.53. The molecule has 1 aliphatic rings. The van der Waals surface area contributed by atoms with Crippen LogP contribution in [0.15, 0.2) is 24.3 Å². The second kappa shape index (κ2) is 7.73. The fourth-order valence-electron chi connectivity index (χ4n) is 2.40. The predicted molar refractivity (Wildman–Crippen MR) is 83.5 cm³/mol. The Bertz CT molecular complexity index is 585. The number of primary amides is 1. The number of amides is 3. The summed E-state index contributed by atoms with van der Waals surface area (Å²) in [7, 11) is 0. The normalized spacial score (nSPS) is 19.1. The molecule has 0 saturated carbocycles. The van der Waals surface area contributed by atoms with Crippen molar-refractivity contribution in [3.05, 3.63) is 29.8 Å². The molecule has 1 aromatic carbocycles. The molecule has 0 aromatic heterocycles. The molecule has 7 nitrogen and oxygen atoms in total. The van der Waals surface area contributed by atoms with Gasteiger partial charge in [-0.2, -0.15) is 0 Å². The summed E-state index contributed by atoms with van der Waals surface area (Å²) in [5.74, 6) is -0.972. The monoisotopic (exact) mass is 319 g/mol. The first-order valence-electron chi connectivity index (χ1n) is 7.64. The highest BCUT2D eigenvalue weighted by atomic mass is 16.5. The largest absolute Gasteiger partial charge is 0.466 e. The Morgan fingerprint density at radius 3 is 2.65 bits per heavy atom. The molecule has 1 heterocycles. The highest BCUT2D eigenvalue weighted by molar-refractivity contribution is 6.00. The van der Waals surface area contributed by atoms with Crippen LogP contribution in [-0.2, 0) is 14.4 Å². The average Bonchev–Trinajstić information content (AvgIpc) is 2.52. The van der Waals surface area contributed by atoms with E-state index in [1.807, 2.05) is 6.92 Å². The van der Waals surface area contributed by atoms with Crippen LogP contribution in [0.25, 0.3) is 0 Å². The van der Waals surface area contributed by atoms with Gasteiger partial charge in [-0.05, 0) is 37.1 Å².